The van der Waals surface area contributed by atoms with Gasteiger partial charge in [-0.1, -0.05) is 19.9 Å². The highest BCUT2D eigenvalue weighted by Gasteiger charge is 2.21. The summed E-state index contributed by atoms with van der Waals surface area (Å²) in [5, 5.41) is 0. The van der Waals surface area contributed by atoms with E-state index in [0.717, 1.165) is 12.8 Å². The first-order valence-corrected chi connectivity index (χ1v) is 5.47. The maximum absolute atomic E-state index is 10.9. The Morgan fingerprint density at radius 2 is 2.21 bits per heavy atom. The third-order valence-electron chi connectivity index (χ3n) is 2.45. The summed E-state index contributed by atoms with van der Waals surface area (Å²) in [5.41, 5.74) is 1.32. The Morgan fingerprint density at radius 3 is 2.79 bits per heavy atom. The number of allylic oxidation sites excluding steroid dienone is 1. The summed E-state index contributed by atoms with van der Waals surface area (Å²) in [7, 11) is 0. The minimum atomic E-state index is -0.161. The summed E-state index contributed by atoms with van der Waals surface area (Å²) in [6.07, 6.45) is 6.80. The Hall–Kier alpha value is -0.790. The van der Waals surface area contributed by atoms with Gasteiger partial charge in [0.25, 0.3) is 0 Å². The molecule has 14 heavy (non-hydrogen) atoms. The van der Waals surface area contributed by atoms with Crippen LogP contribution in [-0.4, -0.2) is 12.1 Å². The molecule has 0 amide bonds. The summed E-state index contributed by atoms with van der Waals surface area (Å²) in [6.45, 7) is 5.81. The van der Waals surface area contributed by atoms with Crippen LogP contribution in [-0.2, 0) is 9.53 Å². The van der Waals surface area contributed by atoms with Gasteiger partial charge in [0.15, 0.2) is 0 Å². The zero-order valence-electron chi connectivity index (χ0n) is 9.38. The van der Waals surface area contributed by atoms with Gasteiger partial charge in [0, 0.05) is 6.92 Å². The lowest BCUT2D eigenvalue weighted by Crippen LogP contribution is -2.22. The molecule has 0 radical (unpaired) electrons. The van der Waals surface area contributed by atoms with Gasteiger partial charge in [-0.2, -0.15) is 0 Å². The first-order valence-electron chi connectivity index (χ1n) is 5.47. The molecule has 0 N–H and O–H groups in total. The molecule has 0 aliphatic heterocycles. The van der Waals surface area contributed by atoms with Gasteiger partial charge in [0.2, 0.25) is 0 Å². The summed E-state index contributed by atoms with van der Waals surface area (Å²) >= 11 is 0. The van der Waals surface area contributed by atoms with Crippen LogP contribution in [0.1, 0.15) is 46.5 Å². The molecule has 1 fully saturated rings. The summed E-state index contributed by atoms with van der Waals surface area (Å²) in [4.78, 5) is 10.9. The second kappa shape index (κ2) is 5.18. The first-order chi connectivity index (χ1) is 6.59. The molecule has 0 aromatic heterocycles. The molecular weight excluding hydrogens is 176 g/mol. The summed E-state index contributed by atoms with van der Waals surface area (Å²) < 4.78 is 5.30. The standard InChI is InChI=1S/C12H20O2/c1-9(2)8-11-6-4-5-7-12(11)14-10(3)13/h8-9,12H,4-7H2,1-3H3/t12-/m0/s1. The Balaban J connectivity index is 2.63. The van der Waals surface area contributed by atoms with E-state index in [1.54, 1.807) is 0 Å². The summed E-state index contributed by atoms with van der Waals surface area (Å²) in [6, 6.07) is 0. The molecule has 0 saturated heterocycles. The number of carbonyl (C=O) groups is 1. The molecule has 1 atom stereocenters. The van der Waals surface area contributed by atoms with Crippen LogP contribution in [0.2, 0.25) is 0 Å². The van der Waals surface area contributed by atoms with Gasteiger partial charge in [-0.05, 0) is 37.2 Å². The van der Waals surface area contributed by atoms with Gasteiger partial charge in [0.05, 0.1) is 0 Å². The van der Waals surface area contributed by atoms with Crippen LogP contribution in [0.25, 0.3) is 0 Å². The molecule has 0 aromatic rings. The normalized spacial score (nSPS) is 25.4. The molecule has 80 valence electrons. The van der Waals surface area contributed by atoms with Gasteiger partial charge in [-0.25, -0.2) is 0 Å². The molecule has 1 rings (SSSR count). The zero-order valence-corrected chi connectivity index (χ0v) is 9.38. The molecule has 0 bridgehead atoms. The van der Waals surface area contributed by atoms with Crippen molar-refractivity contribution in [3.63, 3.8) is 0 Å². The second-order valence-electron chi connectivity index (χ2n) is 4.33. The van der Waals surface area contributed by atoms with E-state index in [2.05, 4.69) is 19.9 Å². The number of rotatable bonds is 2. The molecule has 0 heterocycles. The third kappa shape index (κ3) is 3.52. The Bertz CT molecular complexity index is 228. The van der Waals surface area contributed by atoms with Crippen LogP contribution in [0.4, 0.5) is 0 Å². The largest absolute Gasteiger partial charge is 0.458 e. The topological polar surface area (TPSA) is 26.3 Å². The number of esters is 1. The highest BCUT2D eigenvalue weighted by Crippen LogP contribution is 2.27. The van der Waals surface area contributed by atoms with Crippen LogP contribution < -0.4 is 0 Å². The maximum atomic E-state index is 10.9. The van der Waals surface area contributed by atoms with Crippen LogP contribution in [0, 0.1) is 5.92 Å². The van der Waals surface area contributed by atoms with Crippen molar-refractivity contribution in [2.75, 3.05) is 0 Å². The van der Waals surface area contributed by atoms with Gasteiger partial charge >= 0.3 is 5.97 Å². The predicted octanol–water partition coefficient (Wildman–Crippen LogP) is 3.07. The molecular formula is C12H20O2. The monoisotopic (exact) mass is 196 g/mol. The Labute approximate surface area is 86.3 Å². The quantitative estimate of drug-likeness (QED) is 0.501. The molecule has 2 nitrogen and oxygen atoms in total. The fraction of sp³-hybridized carbons (Fsp3) is 0.750. The molecule has 1 saturated carbocycles. The third-order valence-corrected chi connectivity index (χ3v) is 2.45. The predicted molar refractivity (Wildman–Crippen MR) is 56.9 cm³/mol. The number of ether oxygens (including phenoxy) is 1. The molecule has 1 aliphatic rings. The van der Waals surface area contributed by atoms with Gasteiger partial charge in [-0.15, -0.1) is 0 Å². The van der Waals surface area contributed by atoms with Gasteiger partial charge < -0.3 is 4.74 Å². The Kier molecular flexibility index (Phi) is 4.18. The van der Waals surface area contributed by atoms with Crippen molar-refractivity contribution < 1.29 is 9.53 Å². The van der Waals surface area contributed by atoms with Crippen LogP contribution in [0.5, 0.6) is 0 Å². The van der Waals surface area contributed by atoms with Gasteiger partial charge in [0.1, 0.15) is 6.10 Å². The zero-order chi connectivity index (χ0) is 10.6. The Morgan fingerprint density at radius 1 is 1.50 bits per heavy atom. The smallest absolute Gasteiger partial charge is 0.303 e. The van der Waals surface area contributed by atoms with Crippen LogP contribution in [0.15, 0.2) is 11.6 Å². The first kappa shape index (κ1) is 11.3. The molecule has 2 heteroatoms. The molecule has 0 aromatic carbocycles. The average molecular weight is 196 g/mol. The van der Waals surface area contributed by atoms with E-state index in [0.29, 0.717) is 5.92 Å². The second-order valence-corrected chi connectivity index (χ2v) is 4.33. The van der Waals surface area contributed by atoms with Crippen molar-refractivity contribution >= 4 is 5.97 Å². The van der Waals surface area contributed by atoms with Crippen LogP contribution in [0.3, 0.4) is 0 Å². The average Bonchev–Trinajstić information content (AvgIpc) is 2.06. The van der Waals surface area contributed by atoms with E-state index in [1.165, 1.54) is 25.3 Å². The molecule has 0 spiro atoms. The van der Waals surface area contributed by atoms with Gasteiger partial charge in [-0.3, -0.25) is 4.79 Å². The lowest BCUT2D eigenvalue weighted by Gasteiger charge is -2.25. The fourth-order valence-corrected chi connectivity index (χ4v) is 1.96. The minimum absolute atomic E-state index is 0.0589. The lowest BCUT2D eigenvalue weighted by atomic mass is 9.90. The van der Waals surface area contributed by atoms with E-state index >= 15 is 0 Å². The highest BCUT2D eigenvalue weighted by molar-refractivity contribution is 5.66. The highest BCUT2D eigenvalue weighted by atomic mass is 16.5. The van der Waals surface area contributed by atoms with E-state index in [9.17, 15) is 4.79 Å². The lowest BCUT2D eigenvalue weighted by molar-refractivity contribution is -0.145. The van der Waals surface area contributed by atoms with E-state index < -0.39 is 0 Å². The van der Waals surface area contributed by atoms with Crippen molar-refractivity contribution in [3.05, 3.63) is 11.6 Å². The molecule has 1 aliphatic carbocycles. The van der Waals surface area contributed by atoms with Crippen LogP contribution >= 0.6 is 0 Å². The van der Waals surface area contributed by atoms with Crippen molar-refractivity contribution in [3.8, 4) is 0 Å². The number of hydrogen-bond donors (Lipinski definition) is 0. The van der Waals surface area contributed by atoms with Crippen molar-refractivity contribution in [2.45, 2.75) is 52.6 Å². The number of carbonyl (C=O) groups excluding carboxylic acids is 1. The van der Waals surface area contributed by atoms with Crippen molar-refractivity contribution in [2.24, 2.45) is 5.92 Å². The summed E-state index contributed by atoms with van der Waals surface area (Å²) in [5.74, 6) is 0.382. The van der Waals surface area contributed by atoms with Crippen molar-refractivity contribution in [1.82, 2.24) is 0 Å². The van der Waals surface area contributed by atoms with E-state index in [1.807, 2.05) is 0 Å². The molecule has 0 unspecified atom stereocenters. The SMILES string of the molecule is CC(=O)O[C@H]1CCCCC1=CC(C)C. The number of hydrogen-bond acceptors (Lipinski definition) is 2. The minimum Gasteiger partial charge on any atom is -0.458 e. The maximum Gasteiger partial charge on any atom is 0.303 e. The van der Waals surface area contributed by atoms with E-state index in [4.69, 9.17) is 4.74 Å². The van der Waals surface area contributed by atoms with Crippen molar-refractivity contribution in [1.29, 1.82) is 0 Å². The fourth-order valence-electron chi connectivity index (χ4n) is 1.96. The van der Waals surface area contributed by atoms with E-state index in [-0.39, 0.29) is 12.1 Å².